The first-order valence-electron chi connectivity index (χ1n) is 8.96. The molecule has 9 nitrogen and oxygen atoms in total. The topological polar surface area (TPSA) is 123 Å². The molecular formula is C20H22N4O5. The average molecular weight is 398 g/mol. The SMILES string of the molecule is CCOC(=O)N[C@H](CC(=O)N/N=C\c1ccc(C)c([N+](=O)[O-])c1)c1ccccc1. The number of nitro groups is 1. The van der Waals surface area contributed by atoms with Gasteiger partial charge in [0.2, 0.25) is 5.91 Å². The van der Waals surface area contributed by atoms with Gasteiger partial charge in [-0.2, -0.15) is 5.10 Å². The van der Waals surface area contributed by atoms with Crippen molar-refractivity contribution in [1.29, 1.82) is 0 Å². The normalized spacial score (nSPS) is 11.7. The molecule has 2 aromatic rings. The van der Waals surface area contributed by atoms with Crippen LogP contribution < -0.4 is 10.7 Å². The van der Waals surface area contributed by atoms with Gasteiger partial charge < -0.3 is 10.1 Å². The number of aryl methyl sites for hydroxylation is 1. The highest BCUT2D eigenvalue weighted by Crippen LogP contribution is 2.18. The summed E-state index contributed by atoms with van der Waals surface area (Å²) < 4.78 is 4.89. The molecule has 152 valence electrons. The van der Waals surface area contributed by atoms with Crippen molar-refractivity contribution in [2.24, 2.45) is 5.10 Å². The number of hydrogen-bond acceptors (Lipinski definition) is 6. The number of carbonyl (C=O) groups excluding carboxylic acids is 2. The van der Waals surface area contributed by atoms with Gasteiger partial charge >= 0.3 is 6.09 Å². The lowest BCUT2D eigenvalue weighted by atomic mass is 10.0. The van der Waals surface area contributed by atoms with E-state index in [0.717, 1.165) is 5.56 Å². The number of nitro benzene ring substituents is 1. The lowest BCUT2D eigenvalue weighted by molar-refractivity contribution is -0.385. The summed E-state index contributed by atoms with van der Waals surface area (Å²) in [6.07, 6.45) is 0.638. The van der Waals surface area contributed by atoms with Crippen molar-refractivity contribution in [2.75, 3.05) is 6.61 Å². The first-order chi connectivity index (χ1) is 13.9. The molecule has 0 aliphatic carbocycles. The van der Waals surface area contributed by atoms with Gasteiger partial charge in [0.25, 0.3) is 5.69 Å². The predicted molar refractivity (Wildman–Crippen MR) is 108 cm³/mol. The fraction of sp³-hybridized carbons (Fsp3) is 0.250. The van der Waals surface area contributed by atoms with Crippen molar-refractivity contribution < 1.29 is 19.2 Å². The molecule has 9 heteroatoms. The minimum Gasteiger partial charge on any atom is -0.450 e. The summed E-state index contributed by atoms with van der Waals surface area (Å²) in [4.78, 5) is 34.6. The summed E-state index contributed by atoms with van der Waals surface area (Å²) in [6, 6.07) is 13.1. The predicted octanol–water partition coefficient (Wildman–Crippen LogP) is 3.23. The Morgan fingerprint density at radius 2 is 1.97 bits per heavy atom. The monoisotopic (exact) mass is 398 g/mol. The van der Waals surface area contributed by atoms with Crippen molar-refractivity contribution in [3.63, 3.8) is 0 Å². The average Bonchev–Trinajstić information content (AvgIpc) is 2.69. The van der Waals surface area contributed by atoms with E-state index in [4.69, 9.17) is 4.74 Å². The Labute approximate surface area is 167 Å². The maximum Gasteiger partial charge on any atom is 0.407 e. The van der Waals surface area contributed by atoms with E-state index in [9.17, 15) is 19.7 Å². The Bertz CT molecular complexity index is 899. The van der Waals surface area contributed by atoms with E-state index in [2.05, 4.69) is 15.8 Å². The summed E-state index contributed by atoms with van der Waals surface area (Å²) >= 11 is 0. The van der Waals surface area contributed by atoms with Gasteiger partial charge in [-0.1, -0.05) is 42.5 Å². The van der Waals surface area contributed by atoms with Crippen LogP contribution in [0.2, 0.25) is 0 Å². The summed E-state index contributed by atoms with van der Waals surface area (Å²) in [7, 11) is 0. The highest BCUT2D eigenvalue weighted by atomic mass is 16.6. The number of carbonyl (C=O) groups is 2. The maximum atomic E-state index is 12.3. The number of hydrogen-bond donors (Lipinski definition) is 2. The Morgan fingerprint density at radius 1 is 1.24 bits per heavy atom. The van der Waals surface area contributed by atoms with Gasteiger partial charge in [0.1, 0.15) is 0 Å². The number of nitrogens with zero attached hydrogens (tertiary/aromatic N) is 2. The fourth-order valence-electron chi connectivity index (χ4n) is 2.57. The van der Waals surface area contributed by atoms with Gasteiger partial charge in [0, 0.05) is 17.2 Å². The van der Waals surface area contributed by atoms with Crippen LogP contribution in [0.4, 0.5) is 10.5 Å². The van der Waals surface area contributed by atoms with E-state index in [1.807, 2.05) is 6.07 Å². The first-order valence-corrected chi connectivity index (χ1v) is 8.96. The molecule has 0 radical (unpaired) electrons. The molecule has 29 heavy (non-hydrogen) atoms. The number of rotatable bonds is 8. The maximum absolute atomic E-state index is 12.3. The molecule has 2 rings (SSSR count). The molecule has 0 aliphatic heterocycles. The lowest BCUT2D eigenvalue weighted by Crippen LogP contribution is -2.33. The van der Waals surface area contributed by atoms with Crippen molar-refractivity contribution in [3.8, 4) is 0 Å². The van der Waals surface area contributed by atoms with Crippen LogP contribution >= 0.6 is 0 Å². The Kier molecular flexibility index (Phi) is 7.84. The quantitative estimate of drug-likeness (QED) is 0.401. The third-order valence-corrected chi connectivity index (χ3v) is 3.99. The second-order valence-electron chi connectivity index (χ2n) is 6.13. The smallest absolute Gasteiger partial charge is 0.407 e. The molecule has 2 N–H and O–H groups in total. The highest BCUT2D eigenvalue weighted by Gasteiger charge is 2.18. The lowest BCUT2D eigenvalue weighted by Gasteiger charge is -2.18. The molecule has 0 aromatic heterocycles. The zero-order valence-electron chi connectivity index (χ0n) is 16.1. The Hall–Kier alpha value is -3.75. The number of hydrazone groups is 1. The second-order valence-corrected chi connectivity index (χ2v) is 6.13. The van der Waals surface area contributed by atoms with Gasteiger partial charge in [-0.25, -0.2) is 10.2 Å². The molecular weight excluding hydrogens is 376 g/mol. The Balaban J connectivity index is 2.02. The molecule has 0 saturated heterocycles. The molecule has 0 saturated carbocycles. The minimum absolute atomic E-state index is 0.0249. The molecule has 1 atom stereocenters. The van der Waals surface area contributed by atoms with Crippen molar-refractivity contribution in [1.82, 2.24) is 10.7 Å². The zero-order chi connectivity index (χ0) is 21.2. The molecule has 2 aromatic carbocycles. The summed E-state index contributed by atoms with van der Waals surface area (Å²) in [5.74, 6) is -0.437. The highest BCUT2D eigenvalue weighted by molar-refractivity contribution is 5.83. The molecule has 0 aliphatic rings. The number of ether oxygens (including phenoxy) is 1. The Morgan fingerprint density at radius 3 is 2.62 bits per heavy atom. The van der Waals surface area contributed by atoms with E-state index < -0.39 is 23.0 Å². The molecule has 0 unspecified atom stereocenters. The first kappa shape index (κ1) is 21.5. The van der Waals surface area contributed by atoms with E-state index in [1.165, 1.54) is 12.3 Å². The third kappa shape index (κ3) is 6.73. The summed E-state index contributed by atoms with van der Waals surface area (Å²) in [5, 5.41) is 17.5. The minimum atomic E-state index is -0.621. The van der Waals surface area contributed by atoms with Crippen molar-refractivity contribution in [2.45, 2.75) is 26.3 Å². The summed E-state index contributed by atoms with van der Waals surface area (Å²) in [5.41, 5.74) is 4.10. The van der Waals surface area contributed by atoms with Crippen LogP contribution in [0.5, 0.6) is 0 Å². The van der Waals surface area contributed by atoms with Gasteiger partial charge in [0.15, 0.2) is 0 Å². The van der Waals surface area contributed by atoms with Crippen molar-refractivity contribution in [3.05, 3.63) is 75.3 Å². The van der Waals surface area contributed by atoms with Crippen LogP contribution in [0.15, 0.2) is 53.6 Å². The van der Waals surface area contributed by atoms with Crippen LogP contribution in [0.3, 0.4) is 0 Å². The van der Waals surface area contributed by atoms with E-state index in [1.54, 1.807) is 50.2 Å². The van der Waals surface area contributed by atoms with Crippen LogP contribution in [0, 0.1) is 17.0 Å². The van der Waals surface area contributed by atoms with Crippen LogP contribution in [-0.2, 0) is 9.53 Å². The number of alkyl carbamates (subject to hydrolysis) is 1. The van der Waals surface area contributed by atoms with Gasteiger partial charge in [-0.15, -0.1) is 0 Å². The molecule has 2 amide bonds. The molecule has 0 spiro atoms. The van der Waals surface area contributed by atoms with Gasteiger partial charge in [0.05, 0.1) is 30.2 Å². The van der Waals surface area contributed by atoms with Crippen LogP contribution in [-0.4, -0.2) is 29.7 Å². The number of amides is 2. The third-order valence-electron chi connectivity index (χ3n) is 3.99. The summed E-state index contributed by atoms with van der Waals surface area (Å²) in [6.45, 7) is 3.54. The van der Waals surface area contributed by atoms with Gasteiger partial charge in [-0.3, -0.25) is 14.9 Å². The van der Waals surface area contributed by atoms with Gasteiger partial charge in [-0.05, 0) is 19.4 Å². The van der Waals surface area contributed by atoms with E-state index >= 15 is 0 Å². The molecule has 0 bridgehead atoms. The molecule has 0 fully saturated rings. The number of nitrogens with one attached hydrogen (secondary N) is 2. The standard InChI is InChI=1S/C20H22N4O5/c1-3-29-20(26)22-17(16-7-5-4-6-8-16)12-19(25)23-21-13-15-10-9-14(2)18(11-15)24(27)28/h4-11,13,17H,3,12H2,1-2H3,(H,22,26)(H,23,25)/b21-13-/t17-/m1/s1. The largest absolute Gasteiger partial charge is 0.450 e. The zero-order valence-corrected chi connectivity index (χ0v) is 16.1. The van der Waals surface area contributed by atoms with Crippen LogP contribution in [0.25, 0.3) is 0 Å². The number of benzene rings is 2. The fourth-order valence-corrected chi connectivity index (χ4v) is 2.57. The van der Waals surface area contributed by atoms with E-state index in [-0.39, 0.29) is 18.7 Å². The van der Waals surface area contributed by atoms with Crippen LogP contribution in [0.1, 0.15) is 36.1 Å². The molecule has 0 heterocycles. The van der Waals surface area contributed by atoms with Crippen molar-refractivity contribution >= 4 is 23.9 Å². The second kappa shape index (κ2) is 10.5. The van der Waals surface area contributed by atoms with E-state index in [0.29, 0.717) is 11.1 Å².